The number of benzene rings is 1. The second kappa shape index (κ2) is 7.17. The highest BCUT2D eigenvalue weighted by Gasteiger charge is 2.12. The Labute approximate surface area is 132 Å². The minimum atomic E-state index is 0.577. The molecule has 0 aliphatic heterocycles. The van der Waals surface area contributed by atoms with E-state index in [9.17, 15) is 0 Å². The molecule has 1 aromatic heterocycles. The fourth-order valence-corrected chi connectivity index (χ4v) is 2.33. The Morgan fingerprint density at radius 3 is 2.33 bits per heavy atom. The summed E-state index contributed by atoms with van der Waals surface area (Å²) in [5.74, 6) is 2.04. The van der Waals surface area contributed by atoms with E-state index in [-0.39, 0.29) is 0 Å². The van der Waals surface area contributed by atoms with E-state index in [4.69, 9.17) is 14.2 Å². The molecule has 21 heavy (non-hydrogen) atoms. The average molecular weight is 353 g/mol. The van der Waals surface area contributed by atoms with Gasteiger partial charge in [-0.1, -0.05) is 0 Å². The van der Waals surface area contributed by atoms with E-state index in [0.717, 1.165) is 21.6 Å². The summed E-state index contributed by atoms with van der Waals surface area (Å²) in [6.07, 6.45) is 1.73. The summed E-state index contributed by atoms with van der Waals surface area (Å²) in [6.45, 7) is 0.577. The van der Waals surface area contributed by atoms with Crippen LogP contribution in [0.4, 0.5) is 5.69 Å². The van der Waals surface area contributed by atoms with Crippen molar-refractivity contribution >= 4 is 21.6 Å². The van der Waals surface area contributed by atoms with Crippen LogP contribution in [-0.2, 0) is 6.54 Å². The fourth-order valence-electron chi connectivity index (χ4n) is 1.94. The molecule has 6 heteroatoms. The summed E-state index contributed by atoms with van der Waals surface area (Å²) in [7, 11) is 4.84. The summed E-state index contributed by atoms with van der Waals surface area (Å²) in [6, 6.07) is 7.53. The standard InChI is InChI=1S/C15H17BrN2O3/c1-19-12-8-14(21-3)13(20-2)7-10(12)9-18-11-5-4-6-17-15(11)16/h4-8,18H,9H2,1-3H3. The number of ether oxygens (including phenoxy) is 3. The molecular formula is C15H17BrN2O3. The number of aromatic nitrogens is 1. The van der Waals surface area contributed by atoms with Crippen molar-refractivity contribution < 1.29 is 14.2 Å². The average Bonchev–Trinajstić information content (AvgIpc) is 2.53. The third-order valence-corrected chi connectivity index (χ3v) is 3.65. The zero-order chi connectivity index (χ0) is 15.2. The van der Waals surface area contributed by atoms with Gasteiger partial charge in [-0.15, -0.1) is 0 Å². The molecule has 112 valence electrons. The van der Waals surface area contributed by atoms with Crippen LogP contribution in [-0.4, -0.2) is 26.3 Å². The highest BCUT2D eigenvalue weighted by Crippen LogP contribution is 2.35. The van der Waals surface area contributed by atoms with Crippen LogP contribution >= 0.6 is 15.9 Å². The number of nitrogens with zero attached hydrogens (tertiary/aromatic N) is 1. The number of halogens is 1. The molecule has 0 amide bonds. The first-order valence-corrected chi connectivity index (χ1v) is 7.12. The molecule has 0 bridgehead atoms. The number of rotatable bonds is 6. The molecule has 0 spiro atoms. The third-order valence-electron chi connectivity index (χ3n) is 3.01. The first kappa shape index (κ1) is 15.4. The Morgan fingerprint density at radius 1 is 1.05 bits per heavy atom. The van der Waals surface area contributed by atoms with Crippen molar-refractivity contribution in [2.75, 3.05) is 26.6 Å². The number of hydrogen-bond acceptors (Lipinski definition) is 5. The molecule has 0 aliphatic carbocycles. The van der Waals surface area contributed by atoms with E-state index in [1.165, 1.54) is 0 Å². The Morgan fingerprint density at radius 2 is 1.71 bits per heavy atom. The van der Waals surface area contributed by atoms with E-state index >= 15 is 0 Å². The first-order chi connectivity index (χ1) is 10.2. The Hall–Kier alpha value is -1.95. The Bertz CT molecular complexity index is 620. The maximum atomic E-state index is 5.40. The van der Waals surface area contributed by atoms with Crippen molar-refractivity contribution in [1.82, 2.24) is 4.98 Å². The zero-order valence-corrected chi connectivity index (χ0v) is 13.7. The second-order valence-corrected chi connectivity index (χ2v) is 4.97. The summed E-state index contributed by atoms with van der Waals surface area (Å²) >= 11 is 3.41. The van der Waals surface area contributed by atoms with Gasteiger partial charge in [-0.2, -0.15) is 0 Å². The van der Waals surface area contributed by atoms with Crippen LogP contribution < -0.4 is 19.5 Å². The molecular weight excluding hydrogens is 336 g/mol. The van der Waals surface area contributed by atoms with Gasteiger partial charge in [0.1, 0.15) is 10.4 Å². The lowest BCUT2D eigenvalue weighted by atomic mass is 10.1. The highest BCUT2D eigenvalue weighted by molar-refractivity contribution is 9.10. The predicted octanol–water partition coefficient (Wildman–Crippen LogP) is 3.48. The molecule has 0 saturated carbocycles. The molecule has 0 unspecified atom stereocenters. The molecule has 2 rings (SSSR count). The SMILES string of the molecule is COc1cc(OC)c(OC)cc1CNc1cccnc1Br. The Kier molecular flexibility index (Phi) is 5.27. The molecule has 0 atom stereocenters. The van der Waals surface area contributed by atoms with Gasteiger partial charge in [0.2, 0.25) is 0 Å². The third kappa shape index (κ3) is 3.58. The topological polar surface area (TPSA) is 52.6 Å². The van der Waals surface area contributed by atoms with Gasteiger partial charge in [0, 0.05) is 24.4 Å². The molecule has 1 heterocycles. The molecule has 1 N–H and O–H groups in total. The predicted molar refractivity (Wildman–Crippen MR) is 85.4 cm³/mol. The van der Waals surface area contributed by atoms with Crippen molar-refractivity contribution in [3.63, 3.8) is 0 Å². The summed E-state index contributed by atoms with van der Waals surface area (Å²) in [5.41, 5.74) is 1.88. The summed E-state index contributed by atoms with van der Waals surface area (Å²) in [4.78, 5) is 4.17. The zero-order valence-electron chi connectivity index (χ0n) is 12.1. The monoisotopic (exact) mass is 352 g/mol. The number of pyridine rings is 1. The van der Waals surface area contributed by atoms with E-state index in [2.05, 4.69) is 26.2 Å². The minimum Gasteiger partial charge on any atom is -0.496 e. The van der Waals surface area contributed by atoms with Gasteiger partial charge in [-0.25, -0.2) is 4.98 Å². The molecule has 0 fully saturated rings. The lowest BCUT2D eigenvalue weighted by Gasteiger charge is -2.15. The Balaban J connectivity index is 2.25. The van der Waals surface area contributed by atoms with Gasteiger partial charge in [0.05, 0.1) is 27.0 Å². The van der Waals surface area contributed by atoms with Gasteiger partial charge in [-0.3, -0.25) is 0 Å². The van der Waals surface area contributed by atoms with Crippen molar-refractivity contribution in [3.8, 4) is 17.2 Å². The number of anilines is 1. The number of methoxy groups -OCH3 is 3. The van der Waals surface area contributed by atoms with Gasteiger partial charge in [-0.05, 0) is 34.1 Å². The van der Waals surface area contributed by atoms with E-state index in [1.54, 1.807) is 27.5 Å². The van der Waals surface area contributed by atoms with Crippen LogP contribution in [0.3, 0.4) is 0 Å². The van der Waals surface area contributed by atoms with E-state index in [0.29, 0.717) is 18.0 Å². The maximum absolute atomic E-state index is 5.40. The van der Waals surface area contributed by atoms with Crippen molar-refractivity contribution in [1.29, 1.82) is 0 Å². The largest absolute Gasteiger partial charge is 0.496 e. The quantitative estimate of drug-likeness (QED) is 0.806. The lowest BCUT2D eigenvalue weighted by Crippen LogP contribution is -2.04. The normalized spacial score (nSPS) is 10.1. The molecule has 2 aromatic rings. The van der Waals surface area contributed by atoms with Crippen LogP contribution in [0.15, 0.2) is 35.1 Å². The lowest BCUT2D eigenvalue weighted by molar-refractivity contribution is 0.347. The van der Waals surface area contributed by atoms with E-state index in [1.807, 2.05) is 24.3 Å². The van der Waals surface area contributed by atoms with Crippen molar-refractivity contribution in [2.45, 2.75) is 6.54 Å². The first-order valence-electron chi connectivity index (χ1n) is 6.33. The molecule has 5 nitrogen and oxygen atoms in total. The van der Waals surface area contributed by atoms with Crippen LogP contribution in [0.1, 0.15) is 5.56 Å². The van der Waals surface area contributed by atoms with Crippen molar-refractivity contribution in [2.24, 2.45) is 0 Å². The molecule has 0 saturated heterocycles. The van der Waals surface area contributed by atoms with Gasteiger partial charge < -0.3 is 19.5 Å². The second-order valence-electron chi connectivity index (χ2n) is 4.21. The summed E-state index contributed by atoms with van der Waals surface area (Å²) < 4.78 is 16.8. The molecule has 0 aliphatic rings. The van der Waals surface area contributed by atoms with E-state index < -0.39 is 0 Å². The van der Waals surface area contributed by atoms with Crippen LogP contribution in [0.2, 0.25) is 0 Å². The smallest absolute Gasteiger partial charge is 0.164 e. The maximum Gasteiger partial charge on any atom is 0.164 e. The highest BCUT2D eigenvalue weighted by atomic mass is 79.9. The fraction of sp³-hybridized carbons (Fsp3) is 0.267. The van der Waals surface area contributed by atoms with Gasteiger partial charge in [0.25, 0.3) is 0 Å². The number of nitrogens with one attached hydrogen (secondary N) is 1. The van der Waals surface area contributed by atoms with Crippen molar-refractivity contribution in [3.05, 3.63) is 40.6 Å². The summed E-state index contributed by atoms with van der Waals surface area (Å²) in [5, 5.41) is 3.31. The van der Waals surface area contributed by atoms with Gasteiger partial charge in [0.15, 0.2) is 11.5 Å². The molecule has 1 aromatic carbocycles. The van der Waals surface area contributed by atoms with Crippen LogP contribution in [0.25, 0.3) is 0 Å². The van der Waals surface area contributed by atoms with Crippen LogP contribution in [0, 0.1) is 0 Å². The minimum absolute atomic E-state index is 0.577. The molecule has 0 radical (unpaired) electrons. The number of hydrogen-bond donors (Lipinski definition) is 1. The van der Waals surface area contributed by atoms with Crippen LogP contribution in [0.5, 0.6) is 17.2 Å². The van der Waals surface area contributed by atoms with Gasteiger partial charge >= 0.3 is 0 Å².